The minimum Gasteiger partial charge on any atom is -0.368 e. The molecular formula is C27H31N7O5S. The lowest BCUT2D eigenvalue weighted by Gasteiger charge is -2.36. The van der Waals surface area contributed by atoms with Crippen molar-refractivity contribution >= 4 is 47.0 Å². The van der Waals surface area contributed by atoms with Gasteiger partial charge in [-0.25, -0.2) is 4.98 Å². The molecule has 5 amide bonds. The first kappa shape index (κ1) is 27.6. The molecule has 3 aliphatic heterocycles. The van der Waals surface area contributed by atoms with Crippen LogP contribution in [0.1, 0.15) is 58.6 Å². The number of primary amides is 1. The fourth-order valence-electron chi connectivity index (χ4n) is 5.67. The Hall–Kier alpha value is -4.00. The number of aryl methyl sites for hydroxylation is 1. The molecule has 0 saturated carbocycles. The van der Waals surface area contributed by atoms with E-state index in [2.05, 4.69) is 20.6 Å². The molecular weight excluding hydrogens is 534 g/mol. The van der Waals surface area contributed by atoms with E-state index in [1.54, 1.807) is 52.8 Å². The van der Waals surface area contributed by atoms with Crippen molar-refractivity contribution in [2.45, 2.75) is 56.0 Å². The topological polar surface area (TPSA) is 168 Å². The number of nitrogens with one attached hydrogen (secondary N) is 2. The Labute approximate surface area is 235 Å². The molecule has 210 valence electrons. The number of carbonyl (C=O) groups is 5. The monoisotopic (exact) mass is 565 g/mol. The minimum atomic E-state index is -0.943. The predicted octanol–water partition coefficient (Wildman–Crippen LogP) is 1.07. The lowest BCUT2D eigenvalue weighted by atomic mass is 9.93. The van der Waals surface area contributed by atoms with Crippen LogP contribution in [0.4, 0.5) is 5.69 Å². The van der Waals surface area contributed by atoms with Gasteiger partial charge in [-0.1, -0.05) is 0 Å². The Kier molecular flexibility index (Phi) is 7.74. The molecule has 1 spiro atoms. The summed E-state index contributed by atoms with van der Waals surface area (Å²) in [6.07, 6.45) is 5.21. The molecule has 3 fully saturated rings. The number of nitrogens with zero attached hydrogens (tertiary/aromatic N) is 4. The van der Waals surface area contributed by atoms with E-state index in [0.29, 0.717) is 49.2 Å². The zero-order valence-corrected chi connectivity index (χ0v) is 22.9. The van der Waals surface area contributed by atoms with Crippen LogP contribution in [0.5, 0.6) is 0 Å². The Balaban J connectivity index is 1.14. The number of amides is 5. The molecule has 40 heavy (non-hydrogen) atoms. The summed E-state index contributed by atoms with van der Waals surface area (Å²) in [4.78, 5) is 75.1. The lowest BCUT2D eigenvalue weighted by molar-refractivity contribution is -0.149. The minimum absolute atomic E-state index is 0.0452. The summed E-state index contributed by atoms with van der Waals surface area (Å²) >= 11 is 1.63. The van der Waals surface area contributed by atoms with E-state index in [1.807, 2.05) is 0 Å². The van der Waals surface area contributed by atoms with E-state index in [-0.39, 0.29) is 41.8 Å². The van der Waals surface area contributed by atoms with Gasteiger partial charge < -0.3 is 26.2 Å². The molecule has 0 unspecified atom stereocenters. The van der Waals surface area contributed by atoms with Crippen LogP contribution >= 0.6 is 11.8 Å². The van der Waals surface area contributed by atoms with Crippen molar-refractivity contribution in [1.82, 2.24) is 25.1 Å². The van der Waals surface area contributed by atoms with E-state index >= 15 is 0 Å². The Morgan fingerprint density at radius 3 is 2.60 bits per heavy atom. The molecule has 4 heterocycles. The van der Waals surface area contributed by atoms with Crippen LogP contribution in [0.25, 0.3) is 0 Å². The number of nitrogens with two attached hydrogens (primary N) is 1. The molecule has 0 bridgehead atoms. The first-order valence-corrected chi connectivity index (χ1v) is 14.3. The van der Waals surface area contributed by atoms with Gasteiger partial charge in [0, 0.05) is 43.4 Å². The summed E-state index contributed by atoms with van der Waals surface area (Å²) in [5, 5.41) is 5.30. The second-order valence-electron chi connectivity index (χ2n) is 10.2. The molecule has 4 N–H and O–H groups in total. The van der Waals surface area contributed by atoms with E-state index < -0.39 is 23.4 Å². The second kappa shape index (κ2) is 11.2. The summed E-state index contributed by atoms with van der Waals surface area (Å²) < 4.78 is 0. The summed E-state index contributed by atoms with van der Waals surface area (Å²) in [6.45, 7) is 2.35. The van der Waals surface area contributed by atoms with Gasteiger partial charge in [-0.05, 0) is 56.2 Å². The molecule has 0 radical (unpaired) electrons. The molecule has 0 aliphatic carbocycles. The van der Waals surface area contributed by atoms with Crippen LogP contribution in [0.3, 0.4) is 0 Å². The third-order valence-corrected chi connectivity index (χ3v) is 8.90. The highest BCUT2D eigenvalue weighted by Crippen LogP contribution is 2.48. The van der Waals surface area contributed by atoms with Gasteiger partial charge >= 0.3 is 0 Å². The fourth-order valence-corrected chi connectivity index (χ4v) is 7.10. The number of anilines is 1. The standard InChI is InChI=1S/C27H31N7O5S/c1-16-14-31-19(15-30-16)25(38)32-18-5-3-17(4-6-18)24(37)29-10-7-21(35)33-11-2-9-27(33)13-22-34(26(27)39)20(23(28)36)8-12-40-22/h3-6,14-15,20,22H,2,7-13H2,1H3,(H2,28,36)(H,29,37)(H,32,38)/t20-,22-,27-/m1/s1. The van der Waals surface area contributed by atoms with Crippen LogP contribution in [0.15, 0.2) is 36.7 Å². The van der Waals surface area contributed by atoms with Crippen molar-refractivity contribution in [2.24, 2.45) is 5.73 Å². The van der Waals surface area contributed by atoms with E-state index in [1.165, 1.54) is 12.4 Å². The molecule has 2 aromatic rings. The van der Waals surface area contributed by atoms with Crippen molar-refractivity contribution in [3.8, 4) is 0 Å². The quantitative estimate of drug-likeness (QED) is 0.448. The first-order valence-electron chi connectivity index (χ1n) is 13.2. The maximum Gasteiger partial charge on any atom is 0.275 e. The van der Waals surface area contributed by atoms with Crippen molar-refractivity contribution in [3.63, 3.8) is 0 Å². The van der Waals surface area contributed by atoms with Crippen LogP contribution in [0.2, 0.25) is 0 Å². The number of benzene rings is 1. The van der Waals surface area contributed by atoms with Crippen LogP contribution in [-0.4, -0.2) is 85.1 Å². The zero-order chi connectivity index (χ0) is 28.4. The molecule has 3 saturated heterocycles. The first-order chi connectivity index (χ1) is 19.2. The number of aromatic nitrogens is 2. The van der Waals surface area contributed by atoms with Gasteiger partial charge in [0.25, 0.3) is 11.8 Å². The third-order valence-electron chi connectivity index (χ3n) is 7.65. The van der Waals surface area contributed by atoms with Gasteiger partial charge in [-0.3, -0.25) is 29.0 Å². The van der Waals surface area contributed by atoms with Crippen molar-refractivity contribution in [1.29, 1.82) is 0 Å². The van der Waals surface area contributed by atoms with Gasteiger partial charge in [-0.2, -0.15) is 0 Å². The summed E-state index contributed by atoms with van der Waals surface area (Å²) in [7, 11) is 0. The Morgan fingerprint density at radius 1 is 1.12 bits per heavy atom. The molecule has 1 aromatic heterocycles. The number of hydrogen-bond acceptors (Lipinski definition) is 8. The summed E-state index contributed by atoms with van der Waals surface area (Å²) in [6, 6.07) is 5.72. The number of thioether (sulfide) groups is 1. The number of likely N-dealkylation sites (tertiary alicyclic amines) is 1. The van der Waals surface area contributed by atoms with Crippen molar-refractivity contribution < 1.29 is 24.0 Å². The molecule has 13 heteroatoms. The van der Waals surface area contributed by atoms with Crippen molar-refractivity contribution in [2.75, 3.05) is 24.2 Å². The zero-order valence-electron chi connectivity index (χ0n) is 22.1. The lowest BCUT2D eigenvalue weighted by Crippen LogP contribution is -2.57. The number of hydrogen-bond donors (Lipinski definition) is 3. The summed E-state index contributed by atoms with van der Waals surface area (Å²) in [5.74, 6) is -0.934. The van der Waals surface area contributed by atoms with Gasteiger partial charge in [0.2, 0.25) is 17.7 Å². The van der Waals surface area contributed by atoms with Crippen LogP contribution in [0, 0.1) is 6.92 Å². The Bertz CT molecular complexity index is 1340. The fraction of sp³-hybridized carbons (Fsp3) is 0.444. The average molecular weight is 566 g/mol. The highest BCUT2D eigenvalue weighted by Gasteiger charge is 2.61. The highest BCUT2D eigenvalue weighted by molar-refractivity contribution is 7.99. The predicted molar refractivity (Wildman–Crippen MR) is 147 cm³/mol. The van der Waals surface area contributed by atoms with E-state index in [4.69, 9.17) is 5.73 Å². The van der Waals surface area contributed by atoms with Gasteiger partial charge in [-0.15, -0.1) is 11.8 Å². The Morgan fingerprint density at radius 2 is 1.90 bits per heavy atom. The normalized spacial score (nSPS) is 23.7. The third kappa shape index (κ3) is 5.25. The molecule has 1 aromatic carbocycles. The van der Waals surface area contributed by atoms with Crippen LogP contribution in [-0.2, 0) is 14.4 Å². The number of carbonyl (C=O) groups excluding carboxylic acids is 5. The van der Waals surface area contributed by atoms with E-state index in [9.17, 15) is 24.0 Å². The maximum absolute atomic E-state index is 13.6. The SMILES string of the molecule is Cc1cnc(C(=O)Nc2ccc(C(=O)NCCC(=O)N3CCC[C@]34C[C@H]3SCC[C@H](C(N)=O)N3C4=O)cc2)cn1. The van der Waals surface area contributed by atoms with Crippen molar-refractivity contribution in [3.05, 3.63) is 53.6 Å². The van der Waals surface area contributed by atoms with Gasteiger partial charge in [0.05, 0.1) is 17.3 Å². The van der Waals surface area contributed by atoms with E-state index in [0.717, 1.165) is 5.75 Å². The largest absolute Gasteiger partial charge is 0.368 e. The average Bonchev–Trinajstić information content (AvgIpc) is 3.50. The molecule has 3 aliphatic rings. The van der Waals surface area contributed by atoms with Crippen LogP contribution < -0.4 is 16.4 Å². The summed E-state index contributed by atoms with van der Waals surface area (Å²) in [5.41, 5.74) is 6.38. The molecule has 5 rings (SSSR count). The molecule has 12 nitrogen and oxygen atoms in total. The smallest absolute Gasteiger partial charge is 0.275 e. The number of fused-ring (bicyclic) bond motifs is 1. The number of rotatable bonds is 7. The van der Waals surface area contributed by atoms with Gasteiger partial charge in [0.1, 0.15) is 17.3 Å². The second-order valence-corrected chi connectivity index (χ2v) is 11.5. The maximum atomic E-state index is 13.6. The molecule has 3 atom stereocenters. The van der Waals surface area contributed by atoms with Gasteiger partial charge in [0.15, 0.2) is 0 Å². The highest BCUT2D eigenvalue weighted by atomic mass is 32.2.